The first-order valence-electron chi connectivity index (χ1n) is 9.61. The quantitative estimate of drug-likeness (QED) is 0.583. The highest BCUT2D eigenvalue weighted by molar-refractivity contribution is 7.89. The summed E-state index contributed by atoms with van der Waals surface area (Å²) < 4.78 is 27.5. The van der Waals surface area contributed by atoms with Gasteiger partial charge in [-0.2, -0.15) is 0 Å². The molecule has 10 heteroatoms. The molecule has 3 N–H and O–H groups in total. The van der Waals surface area contributed by atoms with Crippen molar-refractivity contribution in [2.75, 3.05) is 6.54 Å². The Labute approximate surface area is 180 Å². The van der Waals surface area contributed by atoms with Gasteiger partial charge in [0.2, 0.25) is 15.9 Å². The average Bonchev–Trinajstić information content (AvgIpc) is 2.77. The molecule has 1 saturated carbocycles. The highest BCUT2D eigenvalue weighted by Gasteiger charge is 2.28. The maximum atomic E-state index is 12.4. The van der Waals surface area contributed by atoms with Crippen molar-refractivity contribution in [2.24, 2.45) is 11.8 Å². The van der Waals surface area contributed by atoms with E-state index in [4.69, 9.17) is 11.6 Å². The van der Waals surface area contributed by atoms with Gasteiger partial charge in [0, 0.05) is 30.4 Å². The second-order valence-electron chi connectivity index (χ2n) is 7.18. The lowest BCUT2D eigenvalue weighted by Crippen LogP contribution is -2.45. The molecule has 0 radical (unpaired) electrons. The number of amides is 2. The van der Waals surface area contributed by atoms with Crippen LogP contribution in [0.5, 0.6) is 0 Å². The fraction of sp³-hybridized carbons (Fsp3) is 0.350. The van der Waals surface area contributed by atoms with Gasteiger partial charge in [-0.3, -0.25) is 25.4 Å². The third kappa shape index (κ3) is 5.78. The lowest BCUT2D eigenvalue weighted by atomic mass is 9.82. The smallest absolute Gasteiger partial charge is 0.269 e. The van der Waals surface area contributed by atoms with Crippen LogP contribution in [0.3, 0.4) is 0 Å². The van der Waals surface area contributed by atoms with Crippen LogP contribution in [0, 0.1) is 11.8 Å². The number of halogens is 1. The van der Waals surface area contributed by atoms with Crippen molar-refractivity contribution < 1.29 is 18.0 Å². The molecule has 1 fully saturated rings. The van der Waals surface area contributed by atoms with Gasteiger partial charge in [0.1, 0.15) is 4.90 Å². The molecule has 3 rings (SSSR count). The molecule has 0 unspecified atom stereocenters. The highest BCUT2D eigenvalue weighted by atomic mass is 35.5. The molecule has 1 aromatic heterocycles. The van der Waals surface area contributed by atoms with Gasteiger partial charge >= 0.3 is 0 Å². The van der Waals surface area contributed by atoms with E-state index in [1.54, 1.807) is 24.3 Å². The Bertz CT molecular complexity index is 993. The number of nitrogens with zero attached hydrogens (tertiary/aromatic N) is 1. The summed E-state index contributed by atoms with van der Waals surface area (Å²) in [6.07, 6.45) is 5.66. The summed E-state index contributed by atoms with van der Waals surface area (Å²) in [4.78, 5) is 28.2. The predicted octanol–water partition coefficient (Wildman–Crippen LogP) is 2.28. The molecule has 2 aromatic rings. The topological polar surface area (TPSA) is 117 Å². The Morgan fingerprint density at radius 1 is 1.00 bits per heavy atom. The van der Waals surface area contributed by atoms with Gasteiger partial charge in [-0.1, -0.05) is 23.7 Å². The van der Waals surface area contributed by atoms with Gasteiger partial charge in [-0.25, -0.2) is 13.1 Å². The van der Waals surface area contributed by atoms with Crippen molar-refractivity contribution in [3.8, 4) is 0 Å². The molecule has 0 atom stereocenters. The molecule has 30 heavy (non-hydrogen) atoms. The highest BCUT2D eigenvalue weighted by Crippen LogP contribution is 2.29. The van der Waals surface area contributed by atoms with Crippen LogP contribution in [0.2, 0.25) is 5.02 Å². The van der Waals surface area contributed by atoms with Gasteiger partial charge < -0.3 is 0 Å². The summed E-state index contributed by atoms with van der Waals surface area (Å²) in [6.45, 7) is 0.292. The van der Waals surface area contributed by atoms with Crippen LogP contribution in [0.25, 0.3) is 0 Å². The lowest BCUT2D eigenvalue weighted by molar-refractivity contribution is -0.127. The van der Waals surface area contributed by atoms with E-state index < -0.39 is 15.9 Å². The number of hydrazine groups is 1. The molecule has 0 saturated heterocycles. The van der Waals surface area contributed by atoms with Gasteiger partial charge in [-0.05, 0) is 55.9 Å². The predicted molar refractivity (Wildman–Crippen MR) is 112 cm³/mol. The van der Waals surface area contributed by atoms with Crippen LogP contribution in [-0.4, -0.2) is 31.8 Å². The number of hydrogen-bond acceptors (Lipinski definition) is 5. The Hall–Kier alpha value is -2.49. The lowest BCUT2D eigenvalue weighted by Gasteiger charge is -2.27. The zero-order valence-electron chi connectivity index (χ0n) is 16.2. The fourth-order valence-electron chi connectivity index (χ4n) is 3.39. The molecule has 160 valence electrons. The van der Waals surface area contributed by atoms with Crippen LogP contribution < -0.4 is 15.6 Å². The number of hydrogen-bond donors (Lipinski definition) is 3. The van der Waals surface area contributed by atoms with E-state index in [-0.39, 0.29) is 27.7 Å². The van der Waals surface area contributed by atoms with Crippen LogP contribution in [-0.2, 0) is 14.8 Å². The van der Waals surface area contributed by atoms with Gasteiger partial charge in [0.15, 0.2) is 0 Å². The Morgan fingerprint density at radius 3 is 2.33 bits per heavy atom. The van der Waals surface area contributed by atoms with E-state index in [2.05, 4.69) is 20.6 Å². The first-order chi connectivity index (χ1) is 14.4. The summed E-state index contributed by atoms with van der Waals surface area (Å²) in [7, 11) is -3.68. The third-order valence-electron chi connectivity index (χ3n) is 5.15. The van der Waals surface area contributed by atoms with Crippen LogP contribution in [0.4, 0.5) is 0 Å². The second kappa shape index (κ2) is 10.0. The van der Waals surface area contributed by atoms with Crippen molar-refractivity contribution in [3.63, 3.8) is 0 Å². The Balaban J connectivity index is 1.43. The number of carbonyl (C=O) groups is 2. The molecule has 1 aliphatic rings. The number of benzene rings is 1. The summed E-state index contributed by atoms with van der Waals surface area (Å²) >= 11 is 5.98. The molecule has 0 spiro atoms. The fourth-order valence-corrected chi connectivity index (χ4v) is 5.03. The summed E-state index contributed by atoms with van der Waals surface area (Å²) in [5, 5.41) is 0.180. The summed E-state index contributed by atoms with van der Waals surface area (Å²) in [5.41, 5.74) is 5.27. The van der Waals surface area contributed by atoms with E-state index in [0.29, 0.717) is 37.8 Å². The summed E-state index contributed by atoms with van der Waals surface area (Å²) in [5.74, 6) is -0.738. The molecular formula is C20H23ClN4O4S. The van der Waals surface area contributed by atoms with Crippen molar-refractivity contribution in [1.29, 1.82) is 0 Å². The largest absolute Gasteiger partial charge is 0.273 e. The van der Waals surface area contributed by atoms with E-state index in [1.807, 2.05) is 0 Å². The van der Waals surface area contributed by atoms with E-state index in [1.165, 1.54) is 24.5 Å². The number of sulfonamides is 1. The van der Waals surface area contributed by atoms with E-state index in [0.717, 1.165) is 0 Å². The first-order valence-corrected chi connectivity index (χ1v) is 11.5. The monoisotopic (exact) mass is 450 g/mol. The third-order valence-corrected chi connectivity index (χ3v) is 7.07. The number of pyridine rings is 1. The van der Waals surface area contributed by atoms with Gasteiger partial charge in [0.05, 0.1) is 5.02 Å². The standard InChI is InChI=1S/C20H23ClN4O4S/c21-17-3-1-2-4-18(17)30(28,29)23-13-14-5-7-15(8-6-14)19(26)24-25-20(27)16-9-11-22-12-10-16/h1-4,9-12,14-15,23H,5-8,13H2,(H,24,26)(H,25,27). The van der Waals surface area contributed by atoms with Crippen LogP contribution in [0.1, 0.15) is 36.0 Å². The normalized spacial score (nSPS) is 19.1. The molecular weight excluding hydrogens is 428 g/mol. The molecule has 1 aliphatic carbocycles. The van der Waals surface area contributed by atoms with Crippen molar-refractivity contribution in [1.82, 2.24) is 20.6 Å². The zero-order valence-corrected chi connectivity index (χ0v) is 17.7. The van der Waals surface area contributed by atoms with Crippen molar-refractivity contribution >= 4 is 33.4 Å². The minimum Gasteiger partial charge on any atom is -0.273 e. The number of aromatic nitrogens is 1. The summed E-state index contributed by atoms with van der Waals surface area (Å²) in [6, 6.07) is 9.40. The van der Waals surface area contributed by atoms with Crippen molar-refractivity contribution in [2.45, 2.75) is 30.6 Å². The maximum absolute atomic E-state index is 12.4. The maximum Gasteiger partial charge on any atom is 0.269 e. The molecule has 1 aromatic carbocycles. The molecule has 1 heterocycles. The van der Waals surface area contributed by atoms with Crippen molar-refractivity contribution in [3.05, 3.63) is 59.4 Å². The zero-order chi connectivity index (χ0) is 21.6. The molecule has 2 amide bonds. The molecule has 0 bridgehead atoms. The number of nitrogens with one attached hydrogen (secondary N) is 3. The second-order valence-corrected chi connectivity index (χ2v) is 9.32. The van der Waals surface area contributed by atoms with Crippen LogP contribution in [0.15, 0.2) is 53.7 Å². The minimum absolute atomic E-state index is 0.0599. The number of rotatable bonds is 6. The molecule has 8 nitrogen and oxygen atoms in total. The molecule has 0 aliphatic heterocycles. The first kappa shape index (κ1) is 22.2. The number of carbonyl (C=O) groups excluding carboxylic acids is 2. The SMILES string of the molecule is O=C(NNC(=O)C1CCC(CNS(=O)(=O)c2ccccc2Cl)CC1)c1ccncc1. The van der Waals surface area contributed by atoms with E-state index in [9.17, 15) is 18.0 Å². The van der Waals surface area contributed by atoms with Crippen LogP contribution >= 0.6 is 11.6 Å². The average molecular weight is 451 g/mol. The Morgan fingerprint density at radius 2 is 1.67 bits per heavy atom. The minimum atomic E-state index is -3.68. The van der Waals surface area contributed by atoms with Gasteiger partial charge in [-0.15, -0.1) is 0 Å². The Kier molecular flexibility index (Phi) is 7.41. The van der Waals surface area contributed by atoms with E-state index >= 15 is 0 Å². The van der Waals surface area contributed by atoms with Gasteiger partial charge in [0.25, 0.3) is 5.91 Å².